The Hall–Kier alpha value is -2.37. The second-order valence-electron chi connectivity index (χ2n) is 9.91. The standard InChI is InChI=1S/C27H37N3O2/c1-29(2)27(22-9-5-4-6-10-22)14-12-20(13-15-27)16-21-8-7-11-23(17-21)30(3)24-18-25(26(31)32)28-19-24/h4-11,17,20,24-25,28H,12-16,18-19H2,1-3H3,(H,31,32)/t20?,24-,25-,27?/m0/s1. The molecular weight excluding hydrogens is 398 g/mol. The van der Waals surface area contributed by atoms with Crippen LogP contribution in [0.5, 0.6) is 0 Å². The summed E-state index contributed by atoms with van der Waals surface area (Å²) in [5, 5.41) is 12.4. The van der Waals surface area contributed by atoms with Gasteiger partial charge in [0.25, 0.3) is 0 Å². The van der Waals surface area contributed by atoms with Crippen LogP contribution < -0.4 is 10.2 Å². The number of rotatable bonds is 7. The second-order valence-corrected chi connectivity index (χ2v) is 9.91. The zero-order chi connectivity index (χ0) is 22.7. The number of carboxylic acid groups (broad SMARTS) is 1. The van der Waals surface area contributed by atoms with Crippen molar-refractivity contribution in [1.82, 2.24) is 10.2 Å². The van der Waals surface area contributed by atoms with Crippen molar-refractivity contribution in [3.8, 4) is 0 Å². The number of hydrogen-bond donors (Lipinski definition) is 2. The SMILES string of the molecule is CN(c1cccc(CC2CCC(c3ccccc3)(N(C)C)CC2)c1)[C@@H]1CN[C@H](C(=O)O)C1. The molecule has 1 saturated carbocycles. The number of likely N-dealkylation sites (N-methyl/N-ethyl adjacent to an activating group) is 1. The molecule has 0 amide bonds. The summed E-state index contributed by atoms with van der Waals surface area (Å²) in [6, 6.07) is 19.6. The molecule has 1 aliphatic heterocycles. The minimum atomic E-state index is -0.753. The van der Waals surface area contributed by atoms with Crippen molar-refractivity contribution in [1.29, 1.82) is 0 Å². The van der Waals surface area contributed by atoms with Gasteiger partial charge in [-0.3, -0.25) is 9.69 Å². The monoisotopic (exact) mass is 435 g/mol. The lowest BCUT2D eigenvalue weighted by atomic mass is 9.70. The maximum atomic E-state index is 11.3. The molecule has 5 nitrogen and oxygen atoms in total. The lowest BCUT2D eigenvalue weighted by Crippen LogP contribution is -2.44. The zero-order valence-corrected chi connectivity index (χ0v) is 19.6. The van der Waals surface area contributed by atoms with Crippen LogP contribution in [0.4, 0.5) is 5.69 Å². The topological polar surface area (TPSA) is 55.8 Å². The number of nitrogens with one attached hydrogen (secondary N) is 1. The van der Waals surface area contributed by atoms with Crippen LogP contribution in [0.2, 0.25) is 0 Å². The van der Waals surface area contributed by atoms with Crippen LogP contribution in [0.25, 0.3) is 0 Å². The smallest absolute Gasteiger partial charge is 0.320 e. The molecule has 4 rings (SSSR count). The molecule has 0 spiro atoms. The Bertz CT molecular complexity index is 906. The summed E-state index contributed by atoms with van der Waals surface area (Å²) in [5.41, 5.74) is 4.16. The van der Waals surface area contributed by atoms with Crippen LogP contribution in [0.15, 0.2) is 54.6 Å². The van der Waals surface area contributed by atoms with Gasteiger partial charge in [-0.15, -0.1) is 0 Å². The number of benzene rings is 2. The first-order valence-electron chi connectivity index (χ1n) is 11.9. The quantitative estimate of drug-likeness (QED) is 0.685. The first-order chi connectivity index (χ1) is 15.4. The average molecular weight is 436 g/mol. The van der Waals surface area contributed by atoms with Crippen LogP contribution in [0.1, 0.15) is 43.2 Å². The van der Waals surface area contributed by atoms with E-state index >= 15 is 0 Å². The van der Waals surface area contributed by atoms with E-state index in [4.69, 9.17) is 0 Å². The number of carbonyl (C=O) groups is 1. The molecule has 5 heteroatoms. The fraction of sp³-hybridized carbons (Fsp3) is 0.519. The van der Waals surface area contributed by atoms with Gasteiger partial charge in [-0.2, -0.15) is 0 Å². The van der Waals surface area contributed by atoms with E-state index in [0.717, 1.165) is 6.42 Å². The first-order valence-corrected chi connectivity index (χ1v) is 11.9. The second kappa shape index (κ2) is 9.63. The number of nitrogens with zero attached hydrogens (tertiary/aromatic N) is 2. The van der Waals surface area contributed by atoms with E-state index in [9.17, 15) is 9.90 Å². The molecule has 2 fully saturated rings. The zero-order valence-electron chi connectivity index (χ0n) is 19.6. The molecule has 2 atom stereocenters. The number of hydrogen-bond acceptors (Lipinski definition) is 4. The summed E-state index contributed by atoms with van der Waals surface area (Å²) < 4.78 is 0. The summed E-state index contributed by atoms with van der Waals surface area (Å²) >= 11 is 0. The highest BCUT2D eigenvalue weighted by Crippen LogP contribution is 2.43. The van der Waals surface area contributed by atoms with Gasteiger partial charge in [-0.05, 0) is 81.8 Å². The summed E-state index contributed by atoms with van der Waals surface area (Å²) in [6.45, 7) is 0.715. The highest BCUT2D eigenvalue weighted by molar-refractivity contribution is 5.74. The minimum Gasteiger partial charge on any atom is -0.480 e. The lowest BCUT2D eigenvalue weighted by molar-refractivity contribution is -0.139. The Morgan fingerprint density at radius 2 is 1.78 bits per heavy atom. The van der Waals surface area contributed by atoms with Crippen molar-refractivity contribution in [3.05, 3.63) is 65.7 Å². The summed E-state index contributed by atoms with van der Waals surface area (Å²) in [4.78, 5) is 15.9. The van der Waals surface area contributed by atoms with Crippen molar-refractivity contribution in [2.24, 2.45) is 5.92 Å². The van der Waals surface area contributed by atoms with Gasteiger partial charge in [0.05, 0.1) is 0 Å². The molecule has 32 heavy (non-hydrogen) atoms. The van der Waals surface area contributed by atoms with Gasteiger partial charge in [0.2, 0.25) is 0 Å². The van der Waals surface area contributed by atoms with Crippen molar-refractivity contribution >= 4 is 11.7 Å². The lowest BCUT2D eigenvalue weighted by Gasteiger charge is -2.45. The Morgan fingerprint density at radius 3 is 2.41 bits per heavy atom. The van der Waals surface area contributed by atoms with Crippen LogP contribution in [-0.4, -0.2) is 55.7 Å². The molecule has 2 aliphatic rings. The predicted octanol–water partition coefficient (Wildman–Crippen LogP) is 4.13. The van der Waals surface area contributed by atoms with E-state index in [2.05, 4.69) is 90.9 Å². The van der Waals surface area contributed by atoms with E-state index in [1.54, 1.807) is 0 Å². The van der Waals surface area contributed by atoms with Crippen LogP contribution in [0, 0.1) is 5.92 Å². The van der Waals surface area contributed by atoms with Gasteiger partial charge in [0, 0.05) is 30.9 Å². The van der Waals surface area contributed by atoms with Crippen molar-refractivity contribution in [2.45, 2.75) is 56.1 Å². The van der Waals surface area contributed by atoms with Crippen molar-refractivity contribution in [3.63, 3.8) is 0 Å². The molecule has 0 bridgehead atoms. The normalized spacial score (nSPS) is 28.1. The van der Waals surface area contributed by atoms with E-state index in [1.165, 1.54) is 42.5 Å². The molecule has 0 aromatic heterocycles. The van der Waals surface area contributed by atoms with Crippen molar-refractivity contribution in [2.75, 3.05) is 32.6 Å². The van der Waals surface area contributed by atoms with Crippen LogP contribution in [-0.2, 0) is 16.8 Å². The molecule has 2 aromatic carbocycles. The maximum Gasteiger partial charge on any atom is 0.320 e. The van der Waals surface area contributed by atoms with Gasteiger partial charge >= 0.3 is 5.97 Å². The Labute approximate surface area is 192 Å². The first kappa shape index (κ1) is 22.8. The largest absolute Gasteiger partial charge is 0.480 e. The summed E-state index contributed by atoms with van der Waals surface area (Å²) in [6.07, 6.45) is 6.61. The van der Waals surface area contributed by atoms with Gasteiger partial charge in [-0.25, -0.2) is 0 Å². The Balaban J connectivity index is 1.39. The van der Waals surface area contributed by atoms with E-state index < -0.39 is 12.0 Å². The van der Waals surface area contributed by atoms with E-state index in [1.807, 2.05) is 0 Å². The molecule has 1 heterocycles. The molecule has 1 aliphatic carbocycles. The van der Waals surface area contributed by atoms with Gasteiger partial charge in [0.15, 0.2) is 0 Å². The highest BCUT2D eigenvalue weighted by atomic mass is 16.4. The fourth-order valence-electron chi connectivity index (χ4n) is 5.75. The van der Waals surface area contributed by atoms with Crippen LogP contribution in [0.3, 0.4) is 0 Å². The third-order valence-corrected chi connectivity index (χ3v) is 7.90. The Morgan fingerprint density at radius 1 is 1.06 bits per heavy atom. The van der Waals surface area contributed by atoms with Gasteiger partial charge in [0.1, 0.15) is 6.04 Å². The molecule has 0 radical (unpaired) electrons. The fourth-order valence-corrected chi connectivity index (χ4v) is 5.75. The summed E-state index contributed by atoms with van der Waals surface area (Å²) in [5.74, 6) is -0.0480. The number of anilines is 1. The number of aliphatic carboxylic acids is 1. The predicted molar refractivity (Wildman–Crippen MR) is 130 cm³/mol. The molecule has 2 aromatic rings. The molecule has 172 valence electrons. The average Bonchev–Trinajstić information content (AvgIpc) is 3.31. The number of carboxylic acids is 1. The third-order valence-electron chi connectivity index (χ3n) is 7.90. The summed E-state index contributed by atoms with van der Waals surface area (Å²) in [7, 11) is 6.53. The molecule has 0 unspecified atom stereocenters. The Kier molecular flexibility index (Phi) is 6.87. The molecule has 1 saturated heterocycles. The third kappa shape index (κ3) is 4.69. The van der Waals surface area contributed by atoms with E-state index in [0.29, 0.717) is 18.9 Å². The van der Waals surface area contributed by atoms with Crippen LogP contribution >= 0.6 is 0 Å². The highest BCUT2D eigenvalue weighted by Gasteiger charge is 2.38. The van der Waals surface area contributed by atoms with Gasteiger partial charge in [-0.1, -0.05) is 42.5 Å². The van der Waals surface area contributed by atoms with E-state index in [-0.39, 0.29) is 11.6 Å². The molecule has 2 N–H and O–H groups in total. The maximum absolute atomic E-state index is 11.3. The van der Waals surface area contributed by atoms with Crippen molar-refractivity contribution < 1.29 is 9.90 Å². The molecular formula is C27H37N3O2. The minimum absolute atomic E-state index is 0.149. The van der Waals surface area contributed by atoms with Gasteiger partial charge < -0.3 is 15.3 Å².